The molecule has 2 fully saturated rings. The molecular formula is C19H27NO2S. The van der Waals surface area contributed by atoms with Crippen LogP contribution in [0.3, 0.4) is 0 Å². The summed E-state index contributed by atoms with van der Waals surface area (Å²) in [4.78, 5) is 0.706. The van der Waals surface area contributed by atoms with Crippen LogP contribution in [0.15, 0.2) is 51.7 Å². The van der Waals surface area contributed by atoms with Crippen molar-refractivity contribution in [1.82, 2.24) is 0 Å². The van der Waals surface area contributed by atoms with Crippen LogP contribution in [0.25, 0.3) is 0 Å². The highest BCUT2D eigenvalue weighted by Crippen LogP contribution is 2.61. The summed E-state index contributed by atoms with van der Waals surface area (Å²) in [6, 6.07) is 9.35. The van der Waals surface area contributed by atoms with E-state index in [0.717, 1.165) is 18.4 Å². The normalized spacial score (nSPS) is 39.0. The lowest BCUT2D eigenvalue weighted by Gasteiger charge is -2.50. The van der Waals surface area contributed by atoms with Crippen molar-refractivity contribution in [3.63, 3.8) is 0 Å². The van der Waals surface area contributed by atoms with Gasteiger partial charge in [0.2, 0.25) is 0 Å². The number of fused-ring (bicyclic) bond motifs is 2. The Hall–Kier alpha value is -1.13. The Labute approximate surface area is 140 Å². The van der Waals surface area contributed by atoms with Crippen LogP contribution in [0.5, 0.6) is 0 Å². The van der Waals surface area contributed by atoms with Gasteiger partial charge in [-0.15, -0.1) is 0 Å². The highest BCUT2D eigenvalue weighted by Gasteiger charge is 2.59. The molecule has 2 aliphatic rings. The third kappa shape index (κ3) is 2.38. The van der Waals surface area contributed by atoms with Gasteiger partial charge in [0.1, 0.15) is 0 Å². The average Bonchev–Trinajstić information content (AvgIpc) is 2.80. The number of rotatable bonds is 3. The van der Waals surface area contributed by atoms with Crippen LogP contribution >= 0.6 is 0 Å². The van der Waals surface area contributed by atoms with Gasteiger partial charge in [0.15, 0.2) is 0 Å². The van der Waals surface area contributed by atoms with Gasteiger partial charge in [-0.1, -0.05) is 44.2 Å². The Bertz CT molecular complexity index is 735. The molecule has 2 saturated carbocycles. The maximum absolute atomic E-state index is 13.5. The van der Waals surface area contributed by atoms with Gasteiger partial charge in [-0.3, -0.25) is 0 Å². The molecule has 0 saturated heterocycles. The van der Waals surface area contributed by atoms with Crippen molar-refractivity contribution in [1.29, 1.82) is 0 Å². The van der Waals surface area contributed by atoms with Crippen LogP contribution in [-0.2, 0) is 9.73 Å². The topological polar surface area (TPSA) is 49.7 Å². The van der Waals surface area contributed by atoms with Crippen LogP contribution in [-0.4, -0.2) is 27.7 Å². The predicted molar refractivity (Wildman–Crippen MR) is 94.8 cm³/mol. The molecule has 2 aliphatic carbocycles. The van der Waals surface area contributed by atoms with Crippen molar-refractivity contribution in [2.75, 3.05) is 12.8 Å². The van der Waals surface area contributed by atoms with Crippen molar-refractivity contribution in [2.45, 2.75) is 43.6 Å². The van der Waals surface area contributed by atoms with Gasteiger partial charge in [0, 0.05) is 17.4 Å². The third-order valence-electron chi connectivity index (χ3n) is 6.33. The molecule has 3 rings (SSSR count). The molecule has 5 atom stereocenters. The second kappa shape index (κ2) is 5.45. The van der Waals surface area contributed by atoms with E-state index >= 15 is 0 Å². The summed E-state index contributed by atoms with van der Waals surface area (Å²) in [6.45, 7) is 8.58. The molecule has 3 nitrogen and oxygen atoms in total. The van der Waals surface area contributed by atoms with E-state index in [1.54, 1.807) is 7.05 Å². The van der Waals surface area contributed by atoms with Crippen LogP contribution in [0.2, 0.25) is 0 Å². The Kier molecular flexibility index (Phi) is 3.96. The zero-order chi connectivity index (χ0) is 16.9. The first kappa shape index (κ1) is 16.7. The lowest BCUT2D eigenvalue weighted by Crippen LogP contribution is -2.54. The molecule has 1 aromatic rings. The zero-order valence-corrected chi connectivity index (χ0v) is 15.1. The second-order valence-electron chi connectivity index (χ2n) is 7.50. The maximum Gasteiger partial charge on any atom is 0.0867 e. The molecule has 0 spiro atoms. The van der Waals surface area contributed by atoms with E-state index in [1.165, 1.54) is 0 Å². The summed E-state index contributed by atoms with van der Waals surface area (Å²) >= 11 is 0. The molecular weight excluding hydrogens is 306 g/mol. The fraction of sp³-hybridized carbons (Fsp3) is 0.579. The number of benzene rings is 1. The van der Waals surface area contributed by atoms with Gasteiger partial charge >= 0.3 is 0 Å². The molecule has 1 N–H and O–H groups in total. The number of nitrogens with zero attached hydrogens (tertiary/aromatic N) is 1. The highest BCUT2D eigenvalue weighted by molar-refractivity contribution is 7.93. The standard InChI is InChI=1S/C19H27NO2S/c1-14-12-19(21,18(3)11-10-17(14)15(18)2)13-23(22,20-4)16-8-6-5-7-9-16/h5-9,14,17,21H,2,10-13H2,1,3-4H3/t14-,17+,18-,19-,23+/m1/s1. The summed E-state index contributed by atoms with van der Waals surface area (Å²) in [7, 11) is -1.04. The van der Waals surface area contributed by atoms with Crippen molar-refractivity contribution in [3.05, 3.63) is 42.5 Å². The van der Waals surface area contributed by atoms with E-state index in [4.69, 9.17) is 0 Å². The van der Waals surface area contributed by atoms with Gasteiger partial charge in [0.25, 0.3) is 0 Å². The van der Waals surface area contributed by atoms with E-state index in [1.807, 2.05) is 30.3 Å². The van der Waals surface area contributed by atoms with E-state index < -0.39 is 15.3 Å². The summed E-state index contributed by atoms with van der Waals surface area (Å²) in [5, 5.41) is 11.6. The molecule has 0 heterocycles. The van der Waals surface area contributed by atoms with Gasteiger partial charge in [-0.2, -0.15) is 0 Å². The van der Waals surface area contributed by atoms with Gasteiger partial charge in [-0.05, 0) is 43.2 Å². The quantitative estimate of drug-likeness (QED) is 0.853. The Morgan fingerprint density at radius 2 is 2.04 bits per heavy atom. The van der Waals surface area contributed by atoms with Crippen LogP contribution in [0.4, 0.5) is 0 Å². The Morgan fingerprint density at radius 1 is 1.39 bits per heavy atom. The molecule has 1 aromatic carbocycles. The van der Waals surface area contributed by atoms with Gasteiger partial charge in [0.05, 0.1) is 21.1 Å². The third-order valence-corrected chi connectivity index (χ3v) is 8.79. The molecule has 2 bridgehead atoms. The number of hydrogen-bond acceptors (Lipinski definition) is 3. The van der Waals surface area contributed by atoms with E-state index in [0.29, 0.717) is 23.2 Å². The molecule has 0 aliphatic heterocycles. The second-order valence-corrected chi connectivity index (χ2v) is 9.90. The first-order chi connectivity index (χ1) is 10.8. The maximum atomic E-state index is 13.5. The molecule has 126 valence electrons. The monoisotopic (exact) mass is 333 g/mol. The largest absolute Gasteiger partial charge is 0.388 e. The Balaban J connectivity index is 2.04. The number of hydrogen-bond donors (Lipinski definition) is 1. The first-order valence-corrected chi connectivity index (χ1v) is 10.0. The van der Waals surface area contributed by atoms with Crippen molar-refractivity contribution in [3.8, 4) is 0 Å². The SMILES string of the molecule is C=C1[C@H]2CC[C@@]1(C)[C@](O)(C[S@@](=O)(=NC)c1ccccc1)C[C@H]2C. The molecule has 0 radical (unpaired) electrons. The summed E-state index contributed by atoms with van der Waals surface area (Å²) in [5.41, 5.74) is -0.223. The smallest absolute Gasteiger partial charge is 0.0867 e. The van der Waals surface area contributed by atoms with Crippen molar-refractivity contribution >= 4 is 9.73 Å². The zero-order valence-electron chi connectivity index (χ0n) is 14.3. The average molecular weight is 333 g/mol. The molecule has 23 heavy (non-hydrogen) atoms. The summed E-state index contributed by atoms with van der Waals surface area (Å²) in [6.07, 6.45) is 2.67. The van der Waals surface area contributed by atoms with E-state index in [2.05, 4.69) is 24.8 Å². The fourth-order valence-electron chi connectivity index (χ4n) is 4.68. The minimum Gasteiger partial charge on any atom is -0.388 e. The lowest BCUT2D eigenvalue weighted by molar-refractivity contribution is -0.0641. The highest BCUT2D eigenvalue weighted by atomic mass is 32.2. The summed E-state index contributed by atoms with van der Waals surface area (Å²) < 4.78 is 17.7. The molecule has 0 aromatic heterocycles. The van der Waals surface area contributed by atoms with Crippen molar-refractivity contribution < 1.29 is 9.32 Å². The first-order valence-electron chi connectivity index (χ1n) is 8.35. The minimum absolute atomic E-state index is 0.188. The van der Waals surface area contributed by atoms with Gasteiger partial charge < -0.3 is 5.11 Å². The van der Waals surface area contributed by atoms with Gasteiger partial charge in [-0.25, -0.2) is 8.57 Å². The van der Waals surface area contributed by atoms with Crippen LogP contribution < -0.4 is 0 Å². The molecule has 4 heteroatoms. The lowest BCUT2D eigenvalue weighted by atomic mass is 9.61. The van der Waals surface area contributed by atoms with E-state index in [-0.39, 0.29) is 11.2 Å². The van der Waals surface area contributed by atoms with E-state index in [9.17, 15) is 9.32 Å². The fourth-order valence-corrected chi connectivity index (χ4v) is 6.85. The van der Waals surface area contributed by atoms with Crippen molar-refractivity contribution in [2.24, 2.45) is 21.6 Å². The van der Waals surface area contributed by atoms with Crippen LogP contribution in [0.1, 0.15) is 33.1 Å². The summed E-state index contributed by atoms with van der Waals surface area (Å²) in [5.74, 6) is 1.05. The molecule has 0 amide bonds. The molecule has 0 unspecified atom stereocenters. The van der Waals surface area contributed by atoms with Crippen LogP contribution in [0, 0.1) is 17.3 Å². The number of aliphatic hydroxyl groups is 1. The minimum atomic E-state index is -2.64. The Morgan fingerprint density at radius 3 is 2.65 bits per heavy atom. The predicted octanol–water partition coefficient (Wildman–Crippen LogP) is 3.89.